The first-order valence-electron chi connectivity index (χ1n) is 9.09. The van der Waals surface area contributed by atoms with Gasteiger partial charge in [0.05, 0.1) is 12.6 Å². The Morgan fingerprint density at radius 3 is 2.93 bits per heavy atom. The molecule has 2 aromatic rings. The molecule has 0 aromatic heterocycles. The first-order valence-corrected chi connectivity index (χ1v) is 9.97. The highest BCUT2D eigenvalue weighted by atomic mass is 32.2. The minimum atomic E-state index is -0.450. The van der Waals surface area contributed by atoms with Crippen LogP contribution in [0.4, 0.5) is 5.69 Å². The number of fused-ring (bicyclic) bond motifs is 1. The van der Waals surface area contributed by atoms with Gasteiger partial charge in [-0.2, -0.15) is 0 Å². The molecule has 2 atom stereocenters. The molecule has 2 amide bonds. The van der Waals surface area contributed by atoms with E-state index in [-0.39, 0.29) is 24.3 Å². The maximum Gasteiger partial charge on any atom is 0.240 e. The van der Waals surface area contributed by atoms with Crippen LogP contribution in [-0.4, -0.2) is 41.5 Å². The molecule has 140 valence electrons. The number of amides is 2. The number of amidine groups is 1. The fourth-order valence-electron chi connectivity index (χ4n) is 3.24. The summed E-state index contributed by atoms with van der Waals surface area (Å²) in [7, 11) is 0. The van der Waals surface area contributed by atoms with E-state index in [1.807, 2.05) is 42.5 Å². The lowest BCUT2D eigenvalue weighted by Crippen LogP contribution is -2.28. The lowest BCUT2D eigenvalue weighted by molar-refractivity contribution is -0.122. The summed E-state index contributed by atoms with van der Waals surface area (Å²) in [6.45, 7) is 1.34. The molecular formula is C20H21N3O3S. The Bertz CT molecular complexity index is 893. The van der Waals surface area contributed by atoms with Gasteiger partial charge < -0.3 is 15.4 Å². The predicted molar refractivity (Wildman–Crippen MR) is 108 cm³/mol. The van der Waals surface area contributed by atoms with Crippen molar-refractivity contribution >= 4 is 45.2 Å². The predicted octanol–water partition coefficient (Wildman–Crippen LogP) is 2.94. The number of carbonyl (C=O) groups excluding carboxylic acids is 2. The number of hydrogen-bond donors (Lipinski definition) is 2. The number of nitrogens with one attached hydrogen (secondary N) is 2. The summed E-state index contributed by atoms with van der Waals surface area (Å²) in [6.07, 6.45) is 2.33. The molecule has 0 spiro atoms. The van der Waals surface area contributed by atoms with Crippen molar-refractivity contribution in [1.82, 2.24) is 5.32 Å². The van der Waals surface area contributed by atoms with Gasteiger partial charge in [-0.25, -0.2) is 0 Å². The smallest absolute Gasteiger partial charge is 0.240 e. The van der Waals surface area contributed by atoms with Crippen molar-refractivity contribution in [2.75, 3.05) is 18.5 Å². The van der Waals surface area contributed by atoms with Crippen LogP contribution >= 0.6 is 11.8 Å². The summed E-state index contributed by atoms with van der Waals surface area (Å²) in [5.41, 5.74) is 0.731. The third-order valence-corrected chi connectivity index (χ3v) is 5.76. The summed E-state index contributed by atoms with van der Waals surface area (Å²) in [6, 6.07) is 13.7. The largest absolute Gasteiger partial charge is 0.376 e. The van der Waals surface area contributed by atoms with Crippen LogP contribution in [0.1, 0.15) is 19.3 Å². The number of ether oxygens (including phenoxy) is 1. The molecule has 2 aromatic carbocycles. The van der Waals surface area contributed by atoms with Crippen molar-refractivity contribution in [2.24, 2.45) is 4.99 Å². The molecule has 2 N–H and O–H groups in total. The van der Waals surface area contributed by atoms with Crippen molar-refractivity contribution < 1.29 is 14.3 Å². The molecule has 27 heavy (non-hydrogen) atoms. The van der Waals surface area contributed by atoms with E-state index in [1.54, 1.807) is 0 Å². The third-order valence-electron chi connectivity index (χ3n) is 4.64. The first-order chi connectivity index (χ1) is 13.2. The maximum absolute atomic E-state index is 12.4. The second-order valence-electron chi connectivity index (χ2n) is 6.69. The normalized spacial score (nSPS) is 23.7. The van der Waals surface area contributed by atoms with Crippen LogP contribution in [-0.2, 0) is 14.3 Å². The van der Waals surface area contributed by atoms with E-state index in [0.717, 1.165) is 35.9 Å². The highest BCUT2D eigenvalue weighted by Crippen LogP contribution is 2.24. The lowest BCUT2D eigenvalue weighted by Gasteiger charge is -2.08. The second kappa shape index (κ2) is 8.10. The molecule has 2 fully saturated rings. The molecule has 7 heteroatoms. The number of rotatable bonds is 5. The zero-order valence-electron chi connectivity index (χ0n) is 14.8. The van der Waals surface area contributed by atoms with Crippen molar-refractivity contribution in [2.45, 2.75) is 30.6 Å². The summed E-state index contributed by atoms with van der Waals surface area (Å²) in [5, 5.41) is 7.95. The van der Waals surface area contributed by atoms with Crippen molar-refractivity contribution in [1.29, 1.82) is 0 Å². The van der Waals surface area contributed by atoms with E-state index in [9.17, 15) is 9.59 Å². The Labute approximate surface area is 161 Å². The fraction of sp³-hybridized carbons (Fsp3) is 0.350. The second-order valence-corrected chi connectivity index (χ2v) is 7.88. The van der Waals surface area contributed by atoms with Gasteiger partial charge in [-0.1, -0.05) is 42.1 Å². The van der Waals surface area contributed by atoms with Crippen LogP contribution in [0.15, 0.2) is 47.5 Å². The average Bonchev–Trinajstić information content (AvgIpc) is 3.30. The minimum absolute atomic E-state index is 0.113. The molecular weight excluding hydrogens is 362 g/mol. The minimum Gasteiger partial charge on any atom is -0.376 e. The number of benzene rings is 2. The van der Waals surface area contributed by atoms with Crippen LogP contribution in [0.3, 0.4) is 0 Å². The van der Waals surface area contributed by atoms with Gasteiger partial charge in [0, 0.05) is 18.7 Å². The molecule has 0 aliphatic carbocycles. The first kappa shape index (κ1) is 18.0. The van der Waals surface area contributed by atoms with Gasteiger partial charge in [-0.15, -0.1) is 0 Å². The van der Waals surface area contributed by atoms with Crippen LogP contribution in [0.2, 0.25) is 0 Å². The van der Waals surface area contributed by atoms with Gasteiger partial charge in [-0.3, -0.25) is 14.6 Å². The zero-order valence-corrected chi connectivity index (χ0v) is 15.6. The molecule has 2 saturated heterocycles. The Balaban J connectivity index is 1.33. The van der Waals surface area contributed by atoms with Gasteiger partial charge in [0.2, 0.25) is 11.8 Å². The monoisotopic (exact) mass is 383 g/mol. The number of hydrogen-bond acceptors (Lipinski definition) is 5. The SMILES string of the molecule is O=C(C[C@H]1SC(=NC[C@@H]2CCCO2)NC1=O)Nc1ccc2ccccc2c1. The van der Waals surface area contributed by atoms with Gasteiger partial charge in [0.1, 0.15) is 5.25 Å². The van der Waals surface area contributed by atoms with Gasteiger partial charge in [0.15, 0.2) is 5.17 Å². The molecule has 2 aliphatic heterocycles. The molecule has 6 nitrogen and oxygen atoms in total. The molecule has 2 aliphatic rings. The Morgan fingerprint density at radius 2 is 2.11 bits per heavy atom. The lowest BCUT2D eigenvalue weighted by atomic mass is 10.1. The van der Waals surface area contributed by atoms with Gasteiger partial charge in [-0.05, 0) is 35.7 Å². The topological polar surface area (TPSA) is 79.8 Å². The summed E-state index contributed by atoms with van der Waals surface area (Å²) in [5.74, 6) is -0.349. The van der Waals surface area contributed by atoms with Crippen molar-refractivity contribution in [3.05, 3.63) is 42.5 Å². The molecule has 2 heterocycles. The molecule has 0 unspecified atom stereocenters. The van der Waals surface area contributed by atoms with E-state index in [4.69, 9.17) is 4.74 Å². The molecule has 0 saturated carbocycles. The summed E-state index contributed by atoms with van der Waals surface area (Å²) >= 11 is 1.32. The van der Waals surface area contributed by atoms with E-state index < -0.39 is 5.25 Å². The van der Waals surface area contributed by atoms with Gasteiger partial charge >= 0.3 is 0 Å². The van der Waals surface area contributed by atoms with Crippen LogP contribution in [0.25, 0.3) is 10.8 Å². The standard InChI is InChI=1S/C20H21N3O3S/c24-18(22-15-8-7-13-4-1-2-5-14(13)10-15)11-17-19(25)23-20(27-17)21-12-16-6-3-9-26-16/h1-2,4-5,7-8,10,16-17H,3,6,9,11-12H2,(H,22,24)(H,21,23,25)/t16-,17+/m0/s1. The molecule has 4 rings (SSSR count). The number of nitrogens with zero attached hydrogens (tertiary/aromatic N) is 1. The van der Waals surface area contributed by atoms with E-state index in [0.29, 0.717) is 11.7 Å². The summed E-state index contributed by atoms with van der Waals surface area (Å²) in [4.78, 5) is 28.9. The van der Waals surface area contributed by atoms with Crippen molar-refractivity contribution in [3.63, 3.8) is 0 Å². The Morgan fingerprint density at radius 1 is 1.26 bits per heavy atom. The average molecular weight is 383 g/mol. The molecule has 0 bridgehead atoms. The van der Waals surface area contributed by atoms with Crippen LogP contribution in [0.5, 0.6) is 0 Å². The number of thioether (sulfide) groups is 1. The zero-order chi connectivity index (χ0) is 18.6. The van der Waals surface area contributed by atoms with E-state index >= 15 is 0 Å². The summed E-state index contributed by atoms with van der Waals surface area (Å²) < 4.78 is 5.53. The molecule has 0 radical (unpaired) electrons. The number of anilines is 1. The highest BCUT2D eigenvalue weighted by Gasteiger charge is 2.32. The van der Waals surface area contributed by atoms with E-state index in [1.165, 1.54) is 11.8 Å². The highest BCUT2D eigenvalue weighted by molar-refractivity contribution is 8.15. The Kier molecular flexibility index (Phi) is 5.40. The quantitative estimate of drug-likeness (QED) is 0.832. The van der Waals surface area contributed by atoms with Crippen molar-refractivity contribution in [3.8, 4) is 0 Å². The number of carbonyl (C=O) groups is 2. The maximum atomic E-state index is 12.4. The van der Waals surface area contributed by atoms with Crippen LogP contribution in [0, 0.1) is 0 Å². The number of aliphatic imine (C=N–C) groups is 1. The fourth-order valence-corrected chi connectivity index (χ4v) is 4.21. The van der Waals surface area contributed by atoms with E-state index in [2.05, 4.69) is 15.6 Å². The van der Waals surface area contributed by atoms with Gasteiger partial charge in [0.25, 0.3) is 0 Å². The Hall–Kier alpha value is -2.38. The van der Waals surface area contributed by atoms with Crippen LogP contribution < -0.4 is 10.6 Å². The third kappa shape index (κ3) is 4.48.